The number of halogens is 3. The molecule has 166 valence electrons. The molecule has 0 radical (unpaired) electrons. The van der Waals surface area contributed by atoms with Gasteiger partial charge in [-0.1, -0.05) is 46.4 Å². The van der Waals surface area contributed by atoms with Crippen molar-refractivity contribution in [2.45, 2.75) is 112 Å². The standard InChI is InChI=1S/C15H27P.C4H7.C2HF3O2.Pd/c1-2-8-13(7-1)16(14-9-3-4-10-14)15-11-5-6-12-15;1-4(2)3;3-2(4,5)1(6)7;/h13-15H,1-12H2;1-2H2,3H3;(H,6,7);/q;;;+1/p-1. The van der Waals surface area contributed by atoms with Gasteiger partial charge in [0.15, 0.2) is 0 Å². The van der Waals surface area contributed by atoms with Crippen molar-refractivity contribution in [1.82, 2.24) is 0 Å². The Balaban J connectivity index is 0.000000274. The van der Waals surface area contributed by atoms with Crippen molar-refractivity contribution in [2.75, 3.05) is 0 Å². The van der Waals surface area contributed by atoms with Crippen molar-refractivity contribution in [1.29, 1.82) is 0 Å². The van der Waals surface area contributed by atoms with E-state index in [1.54, 1.807) is 77.0 Å². The molecule has 0 heterocycles. The maximum atomic E-state index is 10.5. The Morgan fingerprint density at radius 3 is 1.29 bits per heavy atom. The minimum absolute atomic E-state index is 0.436. The summed E-state index contributed by atoms with van der Waals surface area (Å²) >= 11 is 2.99. The van der Waals surface area contributed by atoms with Crippen molar-refractivity contribution in [3.05, 3.63) is 12.2 Å². The van der Waals surface area contributed by atoms with E-state index in [9.17, 15) is 13.2 Å². The average Bonchev–Trinajstić information content (AvgIpc) is 3.40. The minimum atomic E-state index is -5.19. The quantitative estimate of drug-likeness (QED) is 0.258. The third-order valence-corrected chi connectivity index (χ3v) is 10.7. The zero-order chi connectivity index (χ0) is 21.2. The number of allylic oxidation sites excluding steroid dienone is 1. The third kappa shape index (κ3) is 9.73. The number of aliphatic carboxylic acids is 1. The molecule has 0 atom stereocenters. The van der Waals surface area contributed by atoms with Gasteiger partial charge >= 0.3 is 49.3 Å². The topological polar surface area (TPSA) is 40.1 Å². The van der Waals surface area contributed by atoms with Crippen molar-refractivity contribution in [3.8, 4) is 0 Å². The van der Waals surface area contributed by atoms with E-state index in [0.717, 1.165) is 4.89 Å². The van der Waals surface area contributed by atoms with Gasteiger partial charge in [-0.3, -0.25) is 0 Å². The zero-order valence-corrected chi connectivity index (χ0v) is 19.3. The summed E-state index contributed by atoms with van der Waals surface area (Å²) in [6.45, 7) is 5.63. The summed E-state index contributed by atoms with van der Waals surface area (Å²) in [7, 11) is 0.436. The van der Waals surface area contributed by atoms with E-state index < -0.39 is 12.1 Å². The number of carbonyl (C=O) groups excluding carboxylic acids is 1. The molecule has 0 aromatic carbocycles. The summed E-state index contributed by atoms with van der Waals surface area (Å²) in [4.78, 5) is 9.75. The molecular weight excluding hydrogens is 479 g/mol. The van der Waals surface area contributed by atoms with E-state index in [2.05, 4.69) is 25.8 Å². The molecule has 3 aliphatic rings. The molecule has 0 spiro atoms. The van der Waals surface area contributed by atoms with Crippen LogP contribution in [0.2, 0.25) is 4.89 Å². The normalized spacial score (nSPS) is 21.2. The Labute approximate surface area is 180 Å². The maximum absolute atomic E-state index is 10.5. The molecule has 3 rings (SSSR count). The van der Waals surface area contributed by atoms with Crippen LogP contribution in [0.1, 0.15) is 84.0 Å². The van der Waals surface area contributed by atoms with Gasteiger partial charge in [-0.15, -0.1) is 0 Å². The Bertz CT molecular complexity index is 429. The second-order valence-electron chi connectivity index (χ2n) is 8.12. The first-order valence-corrected chi connectivity index (χ1v) is 13.0. The molecule has 0 aromatic rings. The fraction of sp³-hybridized carbons (Fsp3) is 0.857. The van der Waals surface area contributed by atoms with E-state index in [-0.39, 0.29) is 0 Å². The number of rotatable bonds is 4. The van der Waals surface area contributed by atoms with Gasteiger partial charge in [0.05, 0.1) is 0 Å². The smallest absolute Gasteiger partial charge is 0.430 e. The summed E-state index contributed by atoms with van der Waals surface area (Å²) in [5.74, 6) is -3.01. The third-order valence-electron chi connectivity index (χ3n) is 5.66. The van der Waals surface area contributed by atoms with Crippen LogP contribution in [0.4, 0.5) is 13.2 Å². The van der Waals surface area contributed by atoms with E-state index in [1.807, 2.05) is 6.92 Å². The zero-order valence-electron chi connectivity index (χ0n) is 16.8. The summed E-state index contributed by atoms with van der Waals surface area (Å²) in [5, 5.41) is 8.78. The minimum Gasteiger partial charge on any atom is -0.542 e. The van der Waals surface area contributed by atoms with Gasteiger partial charge in [0.25, 0.3) is 0 Å². The number of alkyl halides is 3. The van der Waals surface area contributed by atoms with Gasteiger partial charge in [-0.25, -0.2) is 0 Å². The monoisotopic (exact) mass is 512 g/mol. The molecule has 0 aliphatic heterocycles. The molecule has 3 fully saturated rings. The maximum Gasteiger partial charge on any atom is 0.430 e. The number of hydrogen-bond acceptors (Lipinski definition) is 2. The number of carboxylic acids is 1. The van der Waals surface area contributed by atoms with Gasteiger partial charge < -0.3 is 9.90 Å². The van der Waals surface area contributed by atoms with Crippen molar-refractivity contribution in [2.24, 2.45) is 0 Å². The summed E-state index contributed by atoms with van der Waals surface area (Å²) in [6.07, 6.45) is 13.8. The van der Waals surface area contributed by atoms with Crippen LogP contribution in [0.15, 0.2) is 12.2 Å². The van der Waals surface area contributed by atoms with Crippen LogP contribution in [0.3, 0.4) is 0 Å². The number of carbonyl (C=O) groups is 1. The van der Waals surface area contributed by atoms with Crippen LogP contribution in [0.5, 0.6) is 0 Å². The second kappa shape index (κ2) is 13.4. The first-order valence-electron chi connectivity index (χ1n) is 10.4. The molecule has 0 N–H and O–H groups in total. The molecule has 0 aromatic heterocycles. The van der Waals surface area contributed by atoms with E-state index in [4.69, 9.17) is 9.90 Å². The van der Waals surface area contributed by atoms with Crippen LogP contribution in [-0.2, 0) is 24.0 Å². The van der Waals surface area contributed by atoms with Crippen LogP contribution < -0.4 is 5.11 Å². The number of carboxylic acid groups (broad SMARTS) is 1. The summed E-state index contributed by atoms with van der Waals surface area (Å²) < 4.78 is 31.5. The van der Waals surface area contributed by atoms with Gasteiger partial charge in [0.2, 0.25) is 0 Å². The molecule has 7 heteroatoms. The predicted octanol–water partition coefficient (Wildman–Crippen LogP) is 6.12. The van der Waals surface area contributed by atoms with Crippen LogP contribution in [-0.4, -0.2) is 29.1 Å². The fourth-order valence-electron chi connectivity index (χ4n) is 4.50. The summed E-state index contributed by atoms with van der Waals surface area (Å²) in [6, 6.07) is 0. The molecular formula is C21H34F3O2PPd. The predicted molar refractivity (Wildman–Crippen MR) is 104 cm³/mol. The molecule has 0 amide bonds. The van der Waals surface area contributed by atoms with Gasteiger partial charge in [-0.2, -0.15) is 13.2 Å². The second-order valence-corrected chi connectivity index (χ2v) is 11.8. The van der Waals surface area contributed by atoms with Crippen LogP contribution >= 0.6 is 7.92 Å². The molecule has 3 aliphatic carbocycles. The Kier molecular flexibility index (Phi) is 12.5. The molecule has 0 saturated heterocycles. The van der Waals surface area contributed by atoms with Gasteiger partial charge in [0.1, 0.15) is 5.97 Å². The van der Waals surface area contributed by atoms with Crippen molar-refractivity contribution in [3.63, 3.8) is 0 Å². The van der Waals surface area contributed by atoms with Crippen molar-refractivity contribution < 1.29 is 42.3 Å². The molecule has 0 bridgehead atoms. The fourth-order valence-corrected chi connectivity index (χ4v) is 9.17. The molecule has 0 unspecified atom stereocenters. The van der Waals surface area contributed by atoms with Gasteiger partial charge in [0, 0.05) is 0 Å². The SMILES string of the molecule is C1CCC(P(C2CCCC2)C2CCCC2)C1.C=C(C)[CH2][Pd+].O=C([O-])C(F)(F)F. The van der Waals surface area contributed by atoms with Gasteiger partial charge in [-0.05, 0) is 55.5 Å². The largest absolute Gasteiger partial charge is 0.542 e. The number of hydrogen-bond donors (Lipinski definition) is 0. The first kappa shape index (κ1) is 26.1. The Morgan fingerprint density at radius 2 is 1.14 bits per heavy atom. The van der Waals surface area contributed by atoms with Crippen molar-refractivity contribution >= 4 is 13.9 Å². The first-order chi connectivity index (χ1) is 13.2. The van der Waals surface area contributed by atoms with Crippen LogP contribution in [0.25, 0.3) is 0 Å². The van der Waals surface area contributed by atoms with E-state index >= 15 is 0 Å². The van der Waals surface area contributed by atoms with E-state index in [1.165, 1.54) is 22.6 Å². The van der Waals surface area contributed by atoms with E-state index in [0.29, 0.717) is 7.92 Å². The molecule has 2 nitrogen and oxygen atoms in total. The summed E-state index contributed by atoms with van der Waals surface area (Å²) in [5.41, 5.74) is 4.82. The Morgan fingerprint density at radius 1 is 0.929 bits per heavy atom. The average molecular weight is 513 g/mol. The molecule has 28 heavy (non-hydrogen) atoms. The molecule has 3 saturated carbocycles. The Hall–Kier alpha value is 0.0923. The van der Waals surface area contributed by atoms with Crippen LogP contribution in [0, 0.1) is 0 Å².